The van der Waals surface area contributed by atoms with E-state index in [1.807, 2.05) is 37.3 Å². The van der Waals surface area contributed by atoms with Crippen LogP contribution in [0.15, 0.2) is 35.7 Å². The average molecular weight is 408 g/mol. The van der Waals surface area contributed by atoms with Crippen molar-refractivity contribution in [3.63, 3.8) is 0 Å². The Bertz CT molecular complexity index is 1040. The number of amides is 1. The maximum absolute atomic E-state index is 12.9. The molecular formula is C22H25N5OS. The first-order valence-corrected chi connectivity index (χ1v) is 11.2. The number of nitrogens with zero attached hydrogens (tertiary/aromatic N) is 4. The number of fused-ring (bicyclic) bond motifs is 1. The van der Waals surface area contributed by atoms with Crippen LogP contribution in [0.1, 0.15) is 35.3 Å². The van der Waals surface area contributed by atoms with Gasteiger partial charge in [0.1, 0.15) is 5.82 Å². The maximum Gasteiger partial charge on any atom is 0.252 e. The van der Waals surface area contributed by atoms with E-state index in [-0.39, 0.29) is 5.91 Å². The van der Waals surface area contributed by atoms with Crippen molar-refractivity contribution in [2.45, 2.75) is 32.2 Å². The standard InChI is InChI=1S/C22H25N5OS/c1-15-14-29-22(23-15)27-10-4-9-26(11-12-27)20-13-18(21(28)24-16-7-8-16)17-5-2-3-6-19(17)25-20/h2-3,5-6,13-14,16H,4,7-12H2,1H3,(H,24,28). The van der Waals surface area contributed by atoms with Crippen LogP contribution in [0.4, 0.5) is 10.9 Å². The third-order valence-corrected chi connectivity index (χ3v) is 6.58. The van der Waals surface area contributed by atoms with Gasteiger partial charge in [-0.25, -0.2) is 9.97 Å². The molecule has 1 aromatic carbocycles. The molecule has 2 aliphatic rings. The third-order valence-electron chi connectivity index (χ3n) is 5.56. The molecule has 1 amide bonds. The molecule has 1 N–H and O–H groups in total. The van der Waals surface area contributed by atoms with Crippen LogP contribution >= 0.6 is 11.3 Å². The first-order valence-electron chi connectivity index (χ1n) is 10.3. The van der Waals surface area contributed by atoms with Crippen LogP contribution in [0.3, 0.4) is 0 Å². The summed E-state index contributed by atoms with van der Waals surface area (Å²) in [7, 11) is 0. The maximum atomic E-state index is 12.9. The summed E-state index contributed by atoms with van der Waals surface area (Å²) in [4.78, 5) is 27.1. The number of pyridine rings is 1. The fourth-order valence-electron chi connectivity index (χ4n) is 3.83. The van der Waals surface area contributed by atoms with E-state index in [2.05, 4.69) is 25.5 Å². The minimum absolute atomic E-state index is 0.0158. The molecule has 6 nitrogen and oxygen atoms in total. The quantitative estimate of drug-likeness (QED) is 0.716. The minimum Gasteiger partial charge on any atom is -0.355 e. The SMILES string of the molecule is Cc1csc(N2CCCN(c3cc(C(=O)NC4CC4)c4ccccc4n3)CC2)n1. The van der Waals surface area contributed by atoms with Gasteiger partial charge in [0, 0.05) is 43.0 Å². The summed E-state index contributed by atoms with van der Waals surface area (Å²) < 4.78 is 0. The highest BCUT2D eigenvalue weighted by Crippen LogP contribution is 2.27. The molecule has 1 saturated carbocycles. The number of hydrogen-bond donors (Lipinski definition) is 1. The Balaban J connectivity index is 1.42. The lowest BCUT2D eigenvalue weighted by molar-refractivity contribution is 0.0952. The van der Waals surface area contributed by atoms with Gasteiger partial charge in [-0.05, 0) is 38.3 Å². The fraction of sp³-hybridized carbons (Fsp3) is 0.409. The largest absolute Gasteiger partial charge is 0.355 e. The van der Waals surface area contributed by atoms with Crippen molar-refractivity contribution < 1.29 is 4.79 Å². The van der Waals surface area contributed by atoms with Crippen molar-refractivity contribution >= 4 is 39.1 Å². The second-order valence-electron chi connectivity index (χ2n) is 7.89. The molecule has 0 atom stereocenters. The van der Waals surface area contributed by atoms with Crippen LogP contribution in [0, 0.1) is 6.92 Å². The number of carbonyl (C=O) groups is 1. The Morgan fingerprint density at radius 1 is 1.10 bits per heavy atom. The van der Waals surface area contributed by atoms with E-state index in [1.165, 1.54) is 0 Å². The van der Waals surface area contributed by atoms with Gasteiger partial charge in [0.15, 0.2) is 5.13 Å². The molecule has 1 aliphatic carbocycles. The van der Waals surface area contributed by atoms with E-state index in [0.717, 1.165) is 78.6 Å². The van der Waals surface area contributed by atoms with Crippen molar-refractivity contribution in [3.8, 4) is 0 Å². The third kappa shape index (κ3) is 3.92. The van der Waals surface area contributed by atoms with Crippen LogP contribution < -0.4 is 15.1 Å². The Morgan fingerprint density at radius 2 is 1.90 bits per heavy atom. The minimum atomic E-state index is 0.0158. The second-order valence-corrected chi connectivity index (χ2v) is 8.73. The molecule has 5 rings (SSSR count). The highest BCUT2D eigenvalue weighted by Gasteiger charge is 2.26. The number of nitrogens with one attached hydrogen (secondary N) is 1. The van der Waals surface area contributed by atoms with Crippen molar-refractivity contribution in [2.24, 2.45) is 0 Å². The molecule has 0 unspecified atom stereocenters. The van der Waals surface area contributed by atoms with Gasteiger partial charge in [-0.2, -0.15) is 0 Å². The van der Waals surface area contributed by atoms with Gasteiger partial charge in [0.2, 0.25) is 0 Å². The van der Waals surface area contributed by atoms with Gasteiger partial charge < -0.3 is 15.1 Å². The van der Waals surface area contributed by atoms with Crippen LogP contribution in [-0.2, 0) is 0 Å². The first-order chi connectivity index (χ1) is 14.2. The zero-order chi connectivity index (χ0) is 19.8. The van der Waals surface area contributed by atoms with Gasteiger partial charge in [-0.1, -0.05) is 18.2 Å². The van der Waals surface area contributed by atoms with Crippen molar-refractivity contribution in [3.05, 3.63) is 47.0 Å². The van der Waals surface area contributed by atoms with E-state index in [9.17, 15) is 4.79 Å². The number of aromatic nitrogens is 2. The van der Waals surface area contributed by atoms with Crippen LogP contribution in [0.5, 0.6) is 0 Å². The number of hydrogen-bond acceptors (Lipinski definition) is 6. The Labute approximate surface area is 174 Å². The van der Waals surface area contributed by atoms with Crippen molar-refractivity contribution in [1.82, 2.24) is 15.3 Å². The molecule has 2 aromatic heterocycles. The topological polar surface area (TPSA) is 61.4 Å². The summed E-state index contributed by atoms with van der Waals surface area (Å²) in [5, 5.41) is 7.26. The van der Waals surface area contributed by atoms with Crippen LogP contribution in [-0.4, -0.2) is 48.1 Å². The van der Waals surface area contributed by atoms with Gasteiger partial charge in [0.25, 0.3) is 5.91 Å². The molecule has 3 heterocycles. The average Bonchev–Trinajstić information content (AvgIpc) is 3.50. The fourth-order valence-corrected chi connectivity index (χ4v) is 4.68. The van der Waals surface area contributed by atoms with E-state index >= 15 is 0 Å². The molecule has 29 heavy (non-hydrogen) atoms. The van der Waals surface area contributed by atoms with Gasteiger partial charge in [-0.15, -0.1) is 11.3 Å². The van der Waals surface area contributed by atoms with Gasteiger partial charge in [0.05, 0.1) is 16.8 Å². The Hall–Kier alpha value is -2.67. The summed E-state index contributed by atoms with van der Waals surface area (Å²) in [6.45, 7) is 5.73. The van der Waals surface area contributed by atoms with Crippen LogP contribution in [0.25, 0.3) is 10.9 Å². The number of benzene rings is 1. The smallest absolute Gasteiger partial charge is 0.252 e. The summed E-state index contributed by atoms with van der Waals surface area (Å²) in [6.07, 6.45) is 3.20. The molecule has 3 aromatic rings. The molecule has 2 fully saturated rings. The van der Waals surface area contributed by atoms with E-state index in [1.54, 1.807) is 11.3 Å². The molecule has 1 aliphatic heterocycles. The molecule has 0 radical (unpaired) electrons. The van der Waals surface area contributed by atoms with E-state index in [0.29, 0.717) is 6.04 Å². The van der Waals surface area contributed by atoms with E-state index in [4.69, 9.17) is 4.98 Å². The lowest BCUT2D eigenvalue weighted by Gasteiger charge is -2.23. The predicted octanol–water partition coefficient (Wildman–Crippen LogP) is 3.61. The highest BCUT2D eigenvalue weighted by molar-refractivity contribution is 7.13. The first kappa shape index (κ1) is 18.4. The number of carbonyl (C=O) groups excluding carboxylic acids is 1. The molecular weight excluding hydrogens is 382 g/mol. The second kappa shape index (κ2) is 7.63. The van der Waals surface area contributed by atoms with Crippen LogP contribution in [0.2, 0.25) is 0 Å². The Morgan fingerprint density at radius 3 is 2.69 bits per heavy atom. The van der Waals surface area contributed by atoms with Crippen molar-refractivity contribution in [1.29, 1.82) is 0 Å². The van der Waals surface area contributed by atoms with E-state index < -0.39 is 0 Å². The molecule has 7 heteroatoms. The molecule has 0 bridgehead atoms. The zero-order valence-electron chi connectivity index (χ0n) is 16.6. The predicted molar refractivity (Wildman–Crippen MR) is 118 cm³/mol. The lowest BCUT2D eigenvalue weighted by Crippen LogP contribution is -2.31. The number of rotatable bonds is 4. The number of thiazole rings is 1. The number of para-hydroxylation sites is 1. The monoisotopic (exact) mass is 407 g/mol. The number of aryl methyl sites for hydroxylation is 1. The summed E-state index contributed by atoms with van der Waals surface area (Å²) >= 11 is 1.71. The van der Waals surface area contributed by atoms with Gasteiger partial charge in [-0.3, -0.25) is 4.79 Å². The summed E-state index contributed by atoms with van der Waals surface area (Å²) in [5.41, 5.74) is 2.69. The summed E-state index contributed by atoms with van der Waals surface area (Å²) in [6, 6.07) is 10.3. The zero-order valence-corrected chi connectivity index (χ0v) is 17.4. The summed E-state index contributed by atoms with van der Waals surface area (Å²) in [5.74, 6) is 0.906. The molecule has 150 valence electrons. The molecule has 0 spiro atoms. The number of anilines is 2. The molecule has 1 saturated heterocycles. The lowest BCUT2D eigenvalue weighted by atomic mass is 10.1. The normalized spacial score (nSPS) is 17.4. The Kier molecular flexibility index (Phi) is 4.83. The van der Waals surface area contributed by atoms with Crippen molar-refractivity contribution in [2.75, 3.05) is 36.0 Å². The van der Waals surface area contributed by atoms with Gasteiger partial charge >= 0.3 is 0 Å². The highest BCUT2D eigenvalue weighted by atomic mass is 32.1.